The van der Waals surface area contributed by atoms with Crippen LogP contribution in [0.4, 0.5) is 0 Å². The molecule has 0 aromatic heterocycles. The first-order chi connectivity index (χ1) is 7.96. The second-order valence-corrected chi connectivity index (χ2v) is 5.68. The number of Topliss-reactive ketones (excluding diaryl/α,β-unsaturated/α-hetero) is 1. The van der Waals surface area contributed by atoms with E-state index in [-0.39, 0.29) is 5.41 Å². The minimum atomic E-state index is 0.0387. The summed E-state index contributed by atoms with van der Waals surface area (Å²) in [5.41, 5.74) is 2.12. The third-order valence-corrected chi connectivity index (χ3v) is 3.04. The van der Waals surface area contributed by atoms with E-state index in [1.165, 1.54) is 5.56 Å². The number of hydrogen-bond acceptors (Lipinski definition) is 1. The second-order valence-electron chi connectivity index (χ2n) is 5.68. The van der Waals surface area contributed by atoms with Crippen LogP contribution in [0.5, 0.6) is 0 Å². The Morgan fingerprint density at radius 1 is 1.12 bits per heavy atom. The maximum Gasteiger partial charge on any atom is 0.163 e. The standard InChI is InChI=1S/C16H24O/c1-5-6-7-12-15(17)13-10-8-9-11-14(13)16(2,3)4/h8-11H,5-7,12H2,1-4H3. The Morgan fingerprint density at radius 2 is 1.76 bits per heavy atom. The van der Waals surface area contributed by atoms with Gasteiger partial charge in [0.15, 0.2) is 5.78 Å². The first-order valence-electron chi connectivity index (χ1n) is 6.59. The van der Waals surface area contributed by atoms with E-state index in [2.05, 4.69) is 33.8 Å². The molecule has 0 aliphatic heterocycles. The molecule has 0 radical (unpaired) electrons. The zero-order chi connectivity index (χ0) is 12.9. The maximum absolute atomic E-state index is 12.2. The fourth-order valence-electron chi connectivity index (χ4n) is 2.05. The van der Waals surface area contributed by atoms with Crippen LogP contribution < -0.4 is 0 Å². The molecule has 1 nitrogen and oxygen atoms in total. The van der Waals surface area contributed by atoms with Crippen molar-refractivity contribution in [2.24, 2.45) is 0 Å². The van der Waals surface area contributed by atoms with E-state index in [9.17, 15) is 4.79 Å². The highest BCUT2D eigenvalue weighted by Crippen LogP contribution is 2.26. The van der Waals surface area contributed by atoms with Gasteiger partial charge in [-0.1, -0.05) is 64.8 Å². The Morgan fingerprint density at radius 3 is 2.35 bits per heavy atom. The predicted molar refractivity (Wildman–Crippen MR) is 73.6 cm³/mol. The Labute approximate surface area is 105 Å². The monoisotopic (exact) mass is 232 g/mol. The largest absolute Gasteiger partial charge is 0.294 e. The lowest BCUT2D eigenvalue weighted by molar-refractivity contribution is 0.0977. The van der Waals surface area contributed by atoms with Crippen LogP contribution in [0.3, 0.4) is 0 Å². The summed E-state index contributed by atoms with van der Waals surface area (Å²) < 4.78 is 0. The van der Waals surface area contributed by atoms with Crippen LogP contribution in [0, 0.1) is 0 Å². The number of carbonyl (C=O) groups is 1. The molecule has 0 aliphatic carbocycles. The van der Waals surface area contributed by atoms with Crippen LogP contribution in [0.2, 0.25) is 0 Å². The SMILES string of the molecule is CCCCCC(=O)c1ccccc1C(C)(C)C. The van der Waals surface area contributed by atoms with Crippen molar-refractivity contribution in [2.75, 3.05) is 0 Å². The summed E-state index contributed by atoms with van der Waals surface area (Å²) in [6, 6.07) is 8.02. The van der Waals surface area contributed by atoms with Gasteiger partial charge < -0.3 is 0 Å². The quantitative estimate of drug-likeness (QED) is 0.529. The topological polar surface area (TPSA) is 17.1 Å². The van der Waals surface area contributed by atoms with E-state index in [0.717, 1.165) is 24.8 Å². The van der Waals surface area contributed by atoms with Crippen molar-refractivity contribution in [3.63, 3.8) is 0 Å². The van der Waals surface area contributed by atoms with Gasteiger partial charge in [-0.05, 0) is 17.4 Å². The van der Waals surface area contributed by atoms with Gasteiger partial charge in [0, 0.05) is 12.0 Å². The van der Waals surface area contributed by atoms with Gasteiger partial charge in [-0.2, -0.15) is 0 Å². The first-order valence-corrected chi connectivity index (χ1v) is 6.59. The molecule has 0 saturated carbocycles. The molecule has 0 N–H and O–H groups in total. The minimum Gasteiger partial charge on any atom is -0.294 e. The normalized spacial score (nSPS) is 11.5. The number of unbranched alkanes of at least 4 members (excludes halogenated alkanes) is 2. The summed E-state index contributed by atoms with van der Waals surface area (Å²) in [6.07, 6.45) is 3.99. The van der Waals surface area contributed by atoms with Crippen molar-refractivity contribution in [3.8, 4) is 0 Å². The Balaban J connectivity index is 2.86. The molecule has 17 heavy (non-hydrogen) atoms. The molecule has 1 aromatic rings. The lowest BCUT2D eigenvalue weighted by Crippen LogP contribution is -2.16. The molecular formula is C16H24O. The molecule has 0 atom stereocenters. The highest BCUT2D eigenvalue weighted by atomic mass is 16.1. The maximum atomic E-state index is 12.2. The van der Waals surface area contributed by atoms with E-state index in [1.54, 1.807) is 0 Å². The van der Waals surface area contributed by atoms with Gasteiger partial charge in [0.05, 0.1) is 0 Å². The number of benzene rings is 1. The fraction of sp³-hybridized carbons (Fsp3) is 0.562. The van der Waals surface area contributed by atoms with E-state index in [0.29, 0.717) is 12.2 Å². The fourth-order valence-corrected chi connectivity index (χ4v) is 2.05. The van der Waals surface area contributed by atoms with Crippen LogP contribution in [-0.4, -0.2) is 5.78 Å². The third kappa shape index (κ3) is 3.99. The van der Waals surface area contributed by atoms with Crippen molar-refractivity contribution in [1.29, 1.82) is 0 Å². The molecule has 1 heteroatoms. The van der Waals surface area contributed by atoms with E-state index in [1.807, 2.05) is 18.2 Å². The van der Waals surface area contributed by atoms with Crippen molar-refractivity contribution in [2.45, 2.75) is 58.8 Å². The van der Waals surface area contributed by atoms with Gasteiger partial charge in [-0.15, -0.1) is 0 Å². The van der Waals surface area contributed by atoms with Crippen LogP contribution in [0.1, 0.15) is 69.3 Å². The average Bonchev–Trinajstić information content (AvgIpc) is 2.28. The van der Waals surface area contributed by atoms with Gasteiger partial charge in [0.1, 0.15) is 0 Å². The van der Waals surface area contributed by atoms with Crippen molar-refractivity contribution in [3.05, 3.63) is 35.4 Å². The highest BCUT2D eigenvalue weighted by Gasteiger charge is 2.20. The molecule has 0 fully saturated rings. The molecular weight excluding hydrogens is 208 g/mol. The number of carbonyl (C=O) groups excluding carboxylic acids is 1. The van der Waals surface area contributed by atoms with E-state index in [4.69, 9.17) is 0 Å². The molecule has 0 amide bonds. The molecule has 0 unspecified atom stereocenters. The van der Waals surface area contributed by atoms with Gasteiger partial charge in [-0.25, -0.2) is 0 Å². The third-order valence-electron chi connectivity index (χ3n) is 3.04. The van der Waals surface area contributed by atoms with Gasteiger partial charge in [0.2, 0.25) is 0 Å². The van der Waals surface area contributed by atoms with Crippen LogP contribution >= 0.6 is 0 Å². The zero-order valence-electron chi connectivity index (χ0n) is 11.5. The van der Waals surface area contributed by atoms with E-state index < -0.39 is 0 Å². The molecule has 1 rings (SSSR count). The second kappa shape index (κ2) is 6.00. The summed E-state index contributed by atoms with van der Waals surface area (Å²) >= 11 is 0. The smallest absolute Gasteiger partial charge is 0.163 e. The van der Waals surface area contributed by atoms with Gasteiger partial charge >= 0.3 is 0 Å². The molecule has 0 saturated heterocycles. The van der Waals surface area contributed by atoms with Gasteiger partial charge in [0.25, 0.3) is 0 Å². The molecule has 94 valence electrons. The summed E-state index contributed by atoms with van der Waals surface area (Å²) in [6.45, 7) is 8.63. The van der Waals surface area contributed by atoms with Gasteiger partial charge in [-0.3, -0.25) is 4.79 Å². The van der Waals surface area contributed by atoms with Crippen LogP contribution in [0.15, 0.2) is 24.3 Å². The molecule has 0 aliphatic rings. The summed E-state index contributed by atoms with van der Waals surface area (Å²) in [5.74, 6) is 0.295. The summed E-state index contributed by atoms with van der Waals surface area (Å²) in [5, 5.41) is 0. The van der Waals surface area contributed by atoms with Crippen LogP contribution in [-0.2, 0) is 5.41 Å². The molecule has 0 bridgehead atoms. The summed E-state index contributed by atoms with van der Waals surface area (Å²) in [4.78, 5) is 12.2. The molecule has 0 heterocycles. The Bertz CT molecular complexity index is 371. The highest BCUT2D eigenvalue weighted by molar-refractivity contribution is 5.97. The number of ketones is 1. The lowest BCUT2D eigenvalue weighted by atomic mass is 9.82. The summed E-state index contributed by atoms with van der Waals surface area (Å²) in [7, 11) is 0. The Hall–Kier alpha value is -1.11. The van der Waals surface area contributed by atoms with Crippen molar-refractivity contribution < 1.29 is 4.79 Å². The van der Waals surface area contributed by atoms with Crippen molar-refractivity contribution >= 4 is 5.78 Å². The number of rotatable bonds is 5. The first kappa shape index (κ1) is 14.0. The average molecular weight is 232 g/mol. The van der Waals surface area contributed by atoms with Crippen molar-refractivity contribution in [1.82, 2.24) is 0 Å². The minimum absolute atomic E-state index is 0.0387. The Kier molecular flexibility index (Phi) is 4.92. The molecule has 0 spiro atoms. The lowest BCUT2D eigenvalue weighted by Gasteiger charge is -2.22. The molecule has 1 aromatic carbocycles. The van der Waals surface area contributed by atoms with E-state index >= 15 is 0 Å². The zero-order valence-corrected chi connectivity index (χ0v) is 11.5. The predicted octanol–water partition coefficient (Wildman–Crippen LogP) is 4.75. The number of hydrogen-bond donors (Lipinski definition) is 0. The van der Waals surface area contributed by atoms with Crippen LogP contribution in [0.25, 0.3) is 0 Å².